The summed E-state index contributed by atoms with van der Waals surface area (Å²) in [4.78, 5) is 18.6. The molecule has 104 valence electrons. The first kappa shape index (κ1) is 13.5. The van der Waals surface area contributed by atoms with Crippen LogP contribution in [0, 0.1) is 5.92 Å². The Morgan fingerprint density at radius 1 is 1.55 bits per heavy atom. The van der Waals surface area contributed by atoms with Gasteiger partial charge in [0.1, 0.15) is 5.00 Å². The van der Waals surface area contributed by atoms with Crippen molar-refractivity contribution in [1.82, 2.24) is 0 Å². The minimum absolute atomic E-state index is 0.351. The van der Waals surface area contributed by atoms with Crippen molar-refractivity contribution in [1.29, 1.82) is 0 Å². The number of amides is 1. The molecule has 3 rings (SSSR count). The van der Waals surface area contributed by atoms with Crippen molar-refractivity contribution in [3.05, 3.63) is 38.4 Å². The van der Waals surface area contributed by atoms with Crippen LogP contribution in [-0.2, 0) is 12.8 Å². The predicted molar refractivity (Wildman–Crippen MR) is 85.6 cm³/mol. The van der Waals surface area contributed by atoms with E-state index < -0.39 is 0 Å². The van der Waals surface area contributed by atoms with Crippen LogP contribution >= 0.6 is 22.7 Å². The average molecular weight is 304 g/mol. The number of carbonyl (C=O) groups excluding carboxylic acids is 1. The smallest absolute Gasteiger partial charge is 0.252 e. The second-order valence-corrected chi connectivity index (χ2v) is 7.23. The Bertz CT molecular complexity index is 656. The van der Waals surface area contributed by atoms with Crippen molar-refractivity contribution < 1.29 is 4.79 Å². The molecule has 1 atom stereocenters. The third kappa shape index (κ3) is 2.55. The fourth-order valence-electron chi connectivity index (χ4n) is 2.57. The van der Waals surface area contributed by atoms with E-state index in [2.05, 4.69) is 11.9 Å². The van der Waals surface area contributed by atoms with Gasteiger partial charge in [0.05, 0.1) is 5.56 Å². The van der Waals surface area contributed by atoms with Crippen molar-refractivity contribution >= 4 is 39.8 Å². The SMILES string of the molecule is CC1CCc2c(sc(N=Cc3cccs3)c2C(N)=O)C1. The molecule has 0 aliphatic heterocycles. The minimum Gasteiger partial charge on any atom is -0.365 e. The molecule has 3 nitrogen and oxygen atoms in total. The van der Waals surface area contributed by atoms with E-state index in [4.69, 9.17) is 5.73 Å². The van der Waals surface area contributed by atoms with Gasteiger partial charge in [-0.2, -0.15) is 0 Å². The molecule has 1 aliphatic rings. The Hall–Kier alpha value is -1.46. The van der Waals surface area contributed by atoms with Gasteiger partial charge < -0.3 is 5.73 Å². The maximum absolute atomic E-state index is 11.8. The minimum atomic E-state index is -0.351. The predicted octanol–water partition coefficient (Wildman–Crippen LogP) is 3.78. The lowest BCUT2D eigenvalue weighted by Crippen LogP contribution is -2.16. The van der Waals surface area contributed by atoms with E-state index in [0.29, 0.717) is 11.5 Å². The van der Waals surface area contributed by atoms with E-state index in [9.17, 15) is 4.79 Å². The van der Waals surface area contributed by atoms with E-state index in [-0.39, 0.29) is 5.91 Å². The summed E-state index contributed by atoms with van der Waals surface area (Å²) < 4.78 is 0. The van der Waals surface area contributed by atoms with Gasteiger partial charge in [-0.05, 0) is 42.2 Å². The quantitative estimate of drug-likeness (QED) is 0.862. The number of carbonyl (C=O) groups is 1. The van der Waals surface area contributed by atoms with Gasteiger partial charge in [0.2, 0.25) is 0 Å². The summed E-state index contributed by atoms with van der Waals surface area (Å²) in [7, 11) is 0. The summed E-state index contributed by atoms with van der Waals surface area (Å²) in [5.41, 5.74) is 7.34. The Morgan fingerprint density at radius 2 is 2.40 bits per heavy atom. The molecular formula is C15H16N2OS2. The zero-order valence-electron chi connectivity index (χ0n) is 11.3. The third-order valence-corrected chi connectivity index (χ3v) is 5.56. The first-order chi connectivity index (χ1) is 9.65. The number of rotatable bonds is 3. The molecule has 2 heterocycles. The van der Waals surface area contributed by atoms with Gasteiger partial charge in [-0.25, -0.2) is 4.99 Å². The van der Waals surface area contributed by atoms with E-state index in [1.54, 1.807) is 22.7 Å². The lowest BCUT2D eigenvalue weighted by molar-refractivity contribution is 0.1000. The molecule has 0 fully saturated rings. The van der Waals surface area contributed by atoms with E-state index in [1.807, 2.05) is 23.7 Å². The summed E-state index contributed by atoms with van der Waals surface area (Å²) in [5.74, 6) is 0.325. The van der Waals surface area contributed by atoms with Crippen LogP contribution < -0.4 is 5.73 Å². The van der Waals surface area contributed by atoms with Crippen LogP contribution in [0.15, 0.2) is 22.5 Å². The fraction of sp³-hybridized carbons (Fsp3) is 0.333. The molecule has 0 radical (unpaired) electrons. The van der Waals surface area contributed by atoms with Gasteiger partial charge in [-0.15, -0.1) is 22.7 Å². The molecule has 2 aromatic heterocycles. The number of nitrogens with zero attached hydrogens (tertiary/aromatic N) is 1. The summed E-state index contributed by atoms with van der Waals surface area (Å²) >= 11 is 3.25. The van der Waals surface area contributed by atoms with Gasteiger partial charge in [0.15, 0.2) is 0 Å². The molecule has 2 N–H and O–H groups in total. The number of aliphatic imine (C=N–C) groups is 1. The highest BCUT2D eigenvalue weighted by Crippen LogP contribution is 2.40. The van der Waals surface area contributed by atoms with E-state index in [0.717, 1.165) is 34.7 Å². The Morgan fingerprint density at radius 3 is 3.10 bits per heavy atom. The highest BCUT2D eigenvalue weighted by atomic mass is 32.1. The zero-order valence-corrected chi connectivity index (χ0v) is 12.9. The van der Waals surface area contributed by atoms with Crippen LogP contribution in [0.2, 0.25) is 0 Å². The third-order valence-electron chi connectivity index (χ3n) is 3.59. The highest BCUT2D eigenvalue weighted by Gasteiger charge is 2.26. The Balaban J connectivity index is 2.00. The Kier molecular flexibility index (Phi) is 3.72. The largest absolute Gasteiger partial charge is 0.365 e. The van der Waals surface area contributed by atoms with Crippen molar-refractivity contribution in [3.8, 4) is 0 Å². The van der Waals surface area contributed by atoms with E-state index in [1.165, 1.54) is 4.88 Å². The maximum Gasteiger partial charge on any atom is 0.252 e. The second kappa shape index (κ2) is 5.50. The topological polar surface area (TPSA) is 55.4 Å². The van der Waals surface area contributed by atoms with Crippen LogP contribution in [0.4, 0.5) is 5.00 Å². The maximum atomic E-state index is 11.8. The van der Waals surface area contributed by atoms with E-state index >= 15 is 0 Å². The summed E-state index contributed by atoms with van der Waals surface area (Å²) in [5, 5.41) is 2.78. The van der Waals surface area contributed by atoms with Crippen molar-refractivity contribution in [2.75, 3.05) is 0 Å². The molecule has 0 aromatic carbocycles. The Labute approximate surface area is 126 Å². The van der Waals surface area contributed by atoms with Crippen LogP contribution in [0.5, 0.6) is 0 Å². The fourth-order valence-corrected chi connectivity index (χ4v) is 4.51. The van der Waals surface area contributed by atoms with Crippen LogP contribution in [-0.4, -0.2) is 12.1 Å². The molecule has 20 heavy (non-hydrogen) atoms. The lowest BCUT2D eigenvalue weighted by atomic mass is 9.88. The summed E-state index contributed by atoms with van der Waals surface area (Å²) in [6, 6.07) is 4.00. The van der Waals surface area contributed by atoms with Gasteiger partial charge in [-0.3, -0.25) is 4.79 Å². The molecule has 0 saturated carbocycles. The molecule has 1 amide bonds. The lowest BCUT2D eigenvalue weighted by Gasteiger charge is -2.18. The molecule has 5 heteroatoms. The first-order valence-electron chi connectivity index (χ1n) is 6.67. The average Bonchev–Trinajstić information content (AvgIpc) is 3.02. The van der Waals surface area contributed by atoms with Crippen LogP contribution in [0.3, 0.4) is 0 Å². The van der Waals surface area contributed by atoms with Crippen LogP contribution in [0.1, 0.15) is 39.0 Å². The van der Waals surface area contributed by atoms with Crippen LogP contribution in [0.25, 0.3) is 0 Å². The van der Waals surface area contributed by atoms with Crippen molar-refractivity contribution in [2.24, 2.45) is 16.6 Å². The molecule has 1 aliphatic carbocycles. The van der Waals surface area contributed by atoms with Gasteiger partial charge in [0.25, 0.3) is 5.91 Å². The molecule has 0 saturated heterocycles. The highest BCUT2D eigenvalue weighted by molar-refractivity contribution is 7.16. The van der Waals surface area contributed by atoms with Gasteiger partial charge in [0, 0.05) is 16.0 Å². The summed E-state index contributed by atoms with van der Waals surface area (Å²) in [6.07, 6.45) is 4.92. The number of nitrogens with two attached hydrogens (primary N) is 1. The second-order valence-electron chi connectivity index (χ2n) is 5.17. The molecule has 0 bridgehead atoms. The van der Waals surface area contributed by atoms with Gasteiger partial charge in [-0.1, -0.05) is 13.0 Å². The zero-order chi connectivity index (χ0) is 14.1. The van der Waals surface area contributed by atoms with Gasteiger partial charge >= 0.3 is 0 Å². The number of thiophene rings is 2. The number of fused-ring (bicyclic) bond motifs is 1. The van der Waals surface area contributed by atoms with Crippen molar-refractivity contribution in [3.63, 3.8) is 0 Å². The summed E-state index contributed by atoms with van der Waals surface area (Å²) in [6.45, 7) is 2.25. The number of hydrogen-bond acceptors (Lipinski definition) is 4. The molecular weight excluding hydrogens is 288 g/mol. The molecule has 0 spiro atoms. The molecule has 1 unspecified atom stereocenters. The standard InChI is InChI=1S/C15H16N2OS2/c1-9-4-5-11-12(7-9)20-15(13(11)14(16)18)17-8-10-3-2-6-19-10/h2-3,6,8-9H,4-5,7H2,1H3,(H2,16,18). The monoisotopic (exact) mass is 304 g/mol. The first-order valence-corrected chi connectivity index (χ1v) is 8.36. The number of hydrogen-bond donors (Lipinski definition) is 1. The van der Waals surface area contributed by atoms with Crippen molar-refractivity contribution in [2.45, 2.75) is 26.2 Å². The molecule has 2 aromatic rings. The normalized spacial score (nSPS) is 18.4. The number of primary amides is 1.